The van der Waals surface area contributed by atoms with E-state index in [1.165, 1.54) is 36.8 Å². The normalized spacial score (nSPS) is 20.6. The SMILES string of the molecule is CC(=O)Nc1ccc(S(=O)(=O)Nc2ccc3n(c2=O)C[C@H]2C[C@@H]3C[NH+](CCCc3ccccc3)C2)cc1. The first kappa shape index (κ1) is 25.2. The molecule has 37 heavy (non-hydrogen) atoms. The van der Waals surface area contributed by atoms with E-state index in [2.05, 4.69) is 34.3 Å². The van der Waals surface area contributed by atoms with Gasteiger partial charge in [0.2, 0.25) is 5.91 Å². The van der Waals surface area contributed by atoms with Crippen LogP contribution in [0.4, 0.5) is 11.4 Å². The van der Waals surface area contributed by atoms with Crippen LogP contribution in [0.15, 0.2) is 76.4 Å². The average molecular weight is 522 g/mol. The van der Waals surface area contributed by atoms with Gasteiger partial charge in [0.25, 0.3) is 15.6 Å². The van der Waals surface area contributed by atoms with Gasteiger partial charge in [-0.2, -0.15) is 0 Å². The van der Waals surface area contributed by atoms with Gasteiger partial charge in [-0.25, -0.2) is 8.42 Å². The van der Waals surface area contributed by atoms with Crippen LogP contribution in [-0.4, -0.2) is 38.5 Å². The Bertz CT molecular complexity index is 1440. The molecule has 1 unspecified atom stereocenters. The van der Waals surface area contributed by atoms with Crippen molar-refractivity contribution >= 4 is 27.3 Å². The van der Waals surface area contributed by atoms with Crippen molar-refractivity contribution in [3.05, 3.63) is 88.3 Å². The summed E-state index contributed by atoms with van der Waals surface area (Å²) >= 11 is 0. The maximum Gasteiger partial charge on any atom is 0.275 e. The molecule has 5 rings (SSSR count). The van der Waals surface area contributed by atoms with E-state index in [9.17, 15) is 18.0 Å². The van der Waals surface area contributed by atoms with Crippen LogP contribution in [0, 0.1) is 5.92 Å². The molecule has 1 amide bonds. The van der Waals surface area contributed by atoms with Gasteiger partial charge in [0.1, 0.15) is 5.69 Å². The number of quaternary nitrogens is 1. The van der Waals surface area contributed by atoms with E-state index in [1.54, 1.807) is 15.5 Å². The van der Waals surface area contributed by atoms with Crippen molar-refractivity contribution in [1.82, 2.24) is 4.57 Å². The van der Waals surface area contributed by atoms with E-state index in [4.69, 9.17) is 0 Å². The number of aryl methyl sites for hydroxylation is 1. The molecule has 1 fully saturated rings. The molecule has 1 saturated heterocycles. The smallest absolute Gasteiger partial charge is 0.275 e. The van der Waals surface area contributed by atoms with Crippen LogP contribution in [0.3, 0.4) is 0 Å². The third-order valence-corrected chi connectivity index (χ3v) is 8.75. The van der Waals surface area contributed by atoms with E-state index in [1.807, 2.05) is 12.1 Å². The fraction of sp³-hybridized carbons (Fsp3) is 0.357. The lowest BCUT2D eigenvalue weighted by atomic mass is 9.83. The molecular weight excluding hydrogens is 488 g/mol. The molecular formula is C28H33N4O4S+. The Hall–Kier alpha value is -3.43. The highest BCUT2D eigenvalue weighted by atomic mass is 32.2. The van der Waals surface area contributed by atoms with Crippen LogP contribution in [0.1, 0.15) is 36.9 Å². The Kier molecular flexibility index (Phi) is 7.17. The first-order valence-electron chi connectivity index (χ1n) is 12.8. The number of hydrogen-bond acceptors (Lipinski definition) is 4. The van der Waals surface area contributed by atoms with E-state index in [-0.39, 0.29) is 22.0 Å². The van der Waals surface area contributed by atoms with Crippen LogP contribution < -0.4 is 20.5 Å². The number of carbonyl (C=O) groups excluding carboxylic acids is 1. The van der Waals surface area contributed by atoms with Gasteiger partial charge < -0.3 is 14.8 Å². The number of amides is 1. The Morgan fingerprint density at radius 1 is 1.03 bits per heavy atom. The molecule has 2 bridgehead atoms. The van der Waals surface area contributed by atoms with Gasteiger partial charge in [-0.05, 0) is 54.8 Å². The predicted octanol–water partition coefficient (Wildman–Crippen LogP) is 2.24. The summed E-state index contributed by atoms with van der Waals surface area (Å²) in [7, 11) is -3.95. The highest BCUT2D eigenvalue weighted by Gasteiger charge is 2.37. The molecule has 3 atom stereocenters. The zero-order valence-corrected chi connectivity index (χ0v) is 21.8. The number of likely N-dealkylation sites (tertiary alicyclic amines) is 1. The summed E-state index contributed by atoms with van der Waals surface area (Å²) in [6.45, 7) is 5.15. The molecule has 0 saturated carbocycles. The van der Waals surface area contributed by atoms with Crippen LogP contribution in [0.25, 0.3) is 0 Å². The molecule has 0 radical (unpaired) electrons. The fourth-order valence-electron chi connectivity index (χ4n) is 5.76. The third-order valence-electron chi connectivity index (χ3n) is 7.37. The van der Waals surface area contributed by atoms with Gasteiger partial charge in [0.15, 0.2) is 0 Å². The Morgan fingerprint density at radius 2 is 1.78 bits per heavy atom. The largest absolute Gasteiger partial charge is 0.334 e. The quantitative estimate of drug-likeness (QED) is 0.423. The number of hydrogen-bond donors (Lipinski definition) is 3. The highest BCUT2D eigenvalue weighted by Crippen LogP contribution is 2.31. The predicted molar refractivity (Wildman–Crippen MR) is 143 cm³/mol. The zero-order valence-electron chi connectivity index (χ0n) is 20.9. The molecule has 194 valence electrons. The molecule has 9 heteroatoms. The standard InChI is InChI=1S/C28H32N4O4S/c1-20(33)29-24-9-11-25(12-10-24)37(35,36)30-26-13-14-27-23-16-22(18-32(27)28(26)34)17-31(19-23)15-5-8-21-6-3-2-4-7-21/h2-4,6-7,9-14,22-23,30H,5,8,15-19H2,1H3,(H,29,33)/p+1/t22-,23+/m0/s1. The van der Waals surface area contributed by atoms with Crippen LogP contribution >= 0.6 is 0 Å². The average Bonchev–Trinajstić information content (AvgIpc) is 2.86. The highest BCUT2D eigenvalue weighted by molar-refractivity contribution is 7.92. The topological polar surface area (TPSA) is 102 Å². The van der Waals surface area contributed by atoms with Gasteiger partial charge in [-0.15, -0.1) is 0 Å². The van der Waals surface area contributed by atoms with Gasteiger partial charge in [-0.1, -0.05) is 30.3 Å². The first-order chi connectivity index (χ1) is 17.8. The number of piperidine rings is 1. The lowest BCUT2D eigenvalue weighted by molar-refractivity contribution is -0.911. The molecule has 2 aliphatic heterocycles. The number of aromatic nitrogens is 1. The number of sulfonamides is 1. The number of pyridine rings is 1. The molecule has 3 N–H and O–H groups in total. The van der Waals surface area contributed by atoms with Gasteiger partial charge in [-0.3, -0.25) is 14.3 Å². The maximum absolute atomic E-state index is 13.3. The Morgan fingerprint density at radius 3 is 2.51 bits per heavy atom. The van der Waals surface area contributed by atoms with Gasteiger partial charge in [0.05, 0.1) is 24.5 Å². The maximum atomic E-state index is 13.3. The summed E-state index contributed by atoms with van der Waals surface area (Å²) < 4.78 is 30.1. The number of carbonyl (C=O) groups is 1. The summed E-state index contributed by atoms with van der Waals surface area (Å²) in [4.78, 5) is 26.1. The van der Waals surface area contributed by atoms with Crippen molar-refractivity contribution in [2.75, 3.05) is 29.7 Å². The zero-order chi connectivity index (χ0) is 26.0. The third kappa shape index (κ3) is 5.78. The Balaban J connectivity index is 1.27. The molecule has 2 aromatic carbocycles. The Labute approximate surface area is 217 Å². The number of nitrogens with one attached hydrogen (secondary N) is 3. The molecule has 3 heterocycles. The van der Waals surface area contributed by atoms with Crippen molar-refractivity contribution in [2.24, 2.45) is 5.92 Å². The van der Waals surface area contributed by atoms with E-state index < -0.39 is 10.0 Å². The lowest BCUT2D eigenvalue weighted by Crippen LogP contribution is -3.14. The number of rotatable bonds is 8. The minimum Gasteiger partial charge on any atom is -0.334 e. The van der Waals surface area contributed by atoms with Crippen molar-refractivity contribution in [3.63, 3.8) is 0 Å². The summed E-state index contributed by atoms with van der Waals surface area (Å²) in [5.41, 5.74) is 2.64. The second-order valence-electron chi connectivity index (χ2n) is 10.2. The summed E-state index contributed by atoms with van der Waals surface area (Å²) in [6, 6.07) is 19.9. The van der Waals surface area contributed by atoms with E-state index in [0.717, 1.165) is 44.6 Å². The van der Waals surface area contributed by atoms with Crippen LogP contribution in [0.5, 0.6) is 0 Å². The lowest BCUT2D eigenvalue weighted by Gasteiger charge is -2.40. The minimum absolute atomic E-state index is 0.0235. The number of nitrogens with zero attached hydrogens (tertiary/aromatic N) is 1. The van der Waals surface area contributed by atoms with Crippen LogP contribution in [0.2, 0.25) is 0 Å². The summed E-state index contributed by atoms with van der Waals surface area (Å²) in [5.74, 6) is 0.472. The minimum atomic E-state index is -3.95. The summed E-state index contributed by atoms with van der Waals surface area (Å²) in [6.07, 6.45) is 3.29. The van der Waals surface area contributed by atoms with Crippen molar-refractivity contribution < 1.29 is 18.1 Å². The monoisotopic (exact) mass is 521 g/mol. The van der Waals surface area contributed by atoms with Crippen molar-refractivity contribution in [1.29, 1.82) is 0 Å². The van der Waals surface area contributed by atoms with E-state index in [0.29, 0.717) is 24.1 Å². The van der Waals surface area contributed by atoms with Crippen LogP contribution in [-0.2, 0) is 27.8 Å². The van der Waals surface area contributed by atoms with Crippen molar-refractivity contribution in [3.8, 4) is 0 Å². The molecule has 1 aromatic heterocycles. The van der Waals surface area contributed by atoms with Gasteiger partial charge in [0, 0.05) is 43.1 Å². The molecule has 3 aromatic rings. The second kappa shape index (κ2) is 10.5. The second-order valence-corrected chi connectivity index (χ2v) is 11.9. The molecule has 2 aliphatic rings. The number of anilines is 2. The number of benzene rings is 2. The van der Waals surface area contributed by atoms with E-state index >= 15 is 0 Å². The van der Waals surface area contributed by atoms with Crippen molar-refractivity contribution in [2.45, 2.75) is 43.5 Å². The molecule has 0 aliphatic carbocycles. The first-order valence-corrected chi connectivity index (χ1v) is 14.3. The molecule has 8 nitrogen and oxygen atoms in total. The fourth-order valence-corrected chi connectivity index (χ4v) is 6.82. The summed E-state index contributed by atoms with van der Waals surface area (Å²) in [5, 5.41) is 2.61. The molecule has 0 spiro atoms. The number of fused-ring (bicyclic) bond motifs is 4. The van der Waals surface area contributed by atoms with Gasteiger partial charge >= 0.3 is 0 Å².